The molecule has 2 aromatic carbocycles. The van der Waals surface area contributed by atoms with E-state index < -0.39 is 6.04 Å². The fourth-order valence-electron chi connectivity index (χ4n) is 4.31. The third-order valence-corrected chi connectivity index (χ3v) is 5.50. The Morgan fingerprint density at radius 3 is 2.66 bits per heavy atom. The SMILES string of the molecule is O=c1[nH]cc(O)n1[C@@H]1c2ccccc2-c2c(-c3nc4ccncc4[nH]3)cccc21. The van der Waals surface area contributed by atoms with Gasteiger partial charge in [-0.05, 0) is 28.3 Å². The molecule has 3 aromatic heterocycles. The first-order chi connectivity index (χ1) is 14.2. The van der Waals surface area contributed by atoms with Crippen LogP contribution in [0.5, 0.6) is 5.88 Å². The Hall–Kier alpha value is -4.13. The van der Waals surface area contributed by atoms with E-state index in [0.717, 1.165) is 44.7 Å². The van der Waals surface area contributed by atoms with Crippen molar-refractivity contribution in [2.24, 2.45) is 0 Å². The topological polar surface area (TPSA) is 99.6 Å². The van der Waals surface area contributed by atoms with E-state index in [2.05, 4.69) is 15.0 Å². The Balaban J connectivity index is 1.67. The van der Waals surface area contributed by atoms with Gasteiger partial charge >= 0.3 is 5.69 Å². The summed E-state index contributed by atoms with van der Waals surface area (Å²) >= 11 is 0. The van der Waals surface area contributed by atoms with Crippen molar-refractivity contribution in [1.29, 1.82) is 0 Å². The highest BCUT2D eigenvalue weighted by molar-refractivity contribution is 5.91. The maximum atomic E-state index is 12.4. The second-order valence-electron chi connectivity index (χ2n) is 7.06. The number of nitrogens with zero attached hydrogens (tertiary/aromatic N) is 3. The smallest absolute Gasteiger partial charge is 0.329 e. The van der Waals surface area contributed by atoms with Gasteiger partial charge in [0, 0.05) is 11.8 Å². The number of aromatic amines is 2. The summed E-state index contributed by atoms with van der Waals surface area (Å²) < 4.78 is 1.39. The second-order valence-corrected chi connectivity index (χ2v) is 7.06. The molecule has 0 unspecified atom stereocenters. The number of aromatic nitrogens is 5. The predicted octanol–water partition coefficient (Wildman–Crippen LogP) is 3.44. The second kappa shape index (κ2) is 5.68. The zero-order valence-electron chi connectivity index (χ0n) is 15.1. The van der Waals surface area contributed by atoms with Gasteiger partial charge in [0.1, 0.15) is 5.82 Å². The van der Waals surface area contributed by atoms with Crippen LogP contribution in [-0.2, 0) is 0 Å². The molecule has 3 heterocycles. The molecule has 0 radical (unpaired) electrons. The molecule has 0 fully saturated rings. The molecule has 1 aliphatic rings. The number of hydrogen-bond acceptors (Lipinski definition) is 4. The lowest BCUT2D eigenvalue weighted by atomic mass is 9.99. The zero-order valence-corrected chi connectivity index (χ0v) is 15.1. The minimum Gasteiger partial charge on any atom is -0.493 e. The molecular formula is C22H15N5O2. The number of pyridine rings is 1. The van der Waals surface area contributed by atoms with Crippen LogP contribution in [-0.4, -0.2) is 29.6 Å². The third kappa shape index (κ3) is 2.15. The van der Waals surface area contributed by atoms with Crippen LogP contribution in [0.4, 0.5) is 0 Å². The molecule has 7 heteroatoms. The molecule has 7 nitrogen and oxygen atoms in total. The van der Waals surface area contributed by atoms with Crippen molar-refractivity contribution in [2.45, 2.75) is 6.04 Å². The Kier molecular flexibility index (Phi) is 3.11. The molecule has 5 aromatic rings. The Bertz CT molecular complexity index is 1430. The van der Waals surface area contributed by atoms with Crippen molar-refractivity contribution < 1.29 is 5.11 Å². The first kappa shape index (κ1) is 15.9. The highest BCUT2D eigenvalue weighted by Crippen LogP contribution is 2.49. The molecule has 0 bridgehead atoms. The lowest BCUT2D eigenvalue weighted by Gasteiger charge is -2.15. The summed E-state index contributed by atoms with van der Waals surface area (Å²) in [6.45, 7) is 0. The molecule has 0 aliphatic heterocycles. The van der Waals surface area contributed by atoms with E-state index in [1.807, 2.05) is 48.5 Å². The lowest BCUT2D eigenvalue weighted by molar-refractivity contribution is 0.410. The van der Waals surface area contributed by atoms with E-state index in [1.54, 1.807) is 12.4 Å². The van der Waals surface area contributed by atoms with Crippen LogP contribution in [0, 0.1) is 0 Å². The van der Waals surface area contributed by atoms with Gasteiger partial charge in [-0.2, -0.15) is 0 Å². The van der Waals surface area contributed by atoms with Crippen LogP contribution >= 0.6 is 0 Å². The van der Waals surface area contributed by atoms with Crippen LogP contribution in [0.15, 0.2) is 71.9 Å². The van der Waals surface area contributed by atoms with E-state index in [0.29, 0.717) is 0 Å². The number of benzene rings is 2. The standard InChI is InChI=1S/C22H15N5O2/c28-18-11-24-22(29)27(18)20-13-5-2-1-4-12(13)19-14(20)6-3-7-15(19)21-25-16-8-9-23-10-17(16)26-21/h1-11,20,28H,(H,24,29)(H,25,26)/t20-/m1/s1. The number of fused-ring (bicyclic) bond motifs is 4. The van der Waals surface area contributed by atoms with Gasteiger partial charge < -0.3 is 15.1 Å². The molecule has 1 aliphatic carbocycles. The van der Waals surface area contributed by atoms with Crippen molar-refractivity contribution in [3.8, 4) is 28.4 Å². The van der Waals surface area contributed by atoms with Crippen LogP contribution < -0.4 is 5.69 Å². The van der Waals surface area contributed by atoms with E-state index >= 15 is 0 Å². The van der Waals surface area contributed by atoms with Crippen LogP contribution in [0.1, 0.15) is 17.2 Å². The van der Waals surface area contributed by atoms with Crippen molar-refractivity contribution in [3.63, 3.8) is 0 Å². The van der Waals surface area contributed by atoms with Crippen molar-refractivity contribution in [2.75, 3.05) is 0 Å². The van der Waals surface area contributed by atoms with E-state index in [1.165, 1.54) is 10.8 Å². The average molecular weight is 381 g/mol. The van der Waals surface area contributed by atoms with Crippen LogP contribution in [0.25, 0.3) is 33.5 Å². The molecule has 0 saturated heterocycles. The van der Waals surface area contributed by atoms with Crippen molar-refractivity contribution >= 4 is 11.0 Å². The zero-order chi connectivity index (χ0) is 19.5. The highest BCUT2D eigenvalue weighted by Gasteiger charge is 2.34. The summed E-state index contributed by atoms with van der Waals surface area (Å²) in [4.78, 5) is 27.2. The molecule has 3 N–H and O–H groups in total. The fraction of sp³-hybridized carbons (Fsp3) is 0.0455. The van der Waals surface area contributed by atoms with Crippen LogP contribution in [0.2, 0.25) is 0 Å². The van der Waals surface area contributed by atoms with Crippen LogP contribution in [0.3, 0.4) is 0 Å². The molecule has 0 spiro atoms. The first-order valence-corrected chi connectivity index (χ1v) is 9.23. The molecular weight excluding hydrogens is 366 g/mol. The molecule has 0 saturated carbocycles. The summed E-state index contributed by atoms with van der Waals surface area (Å²) in [6.07, 6.45) is 4.79. The third-order valence-electron chi connectivity index (χ3n) is 5.50. The maximum Gasteiger partial charge on any atom is 0.329 e. The van der Waals surface area contributed by atoms with Crippen molar-refractivity contribution in [1.82, 2.24) is 24.5 Å². The largest absolute Gasteiger partial charge is 0.493 e. The number of rotatable bonds is 2. The van der Waals surface area contributed by atoms with E-state index in [4.69, 9.17) is 4.98 Å². The molecule has 0 amide bonds. The maximum absolute atomic E-state index is 12.4. The molecule has 1 atom stereocenters. The highest BCUT2D eigenvalue weighted by atomic mass is 16.3. The summed E-state index contributed by atoms with van der Waals surface area (Å²) in [7, 11) is 0. The first-order valence-electron chi connectivity index (χ1n) is 9.23. The summed E-state index contributed by atoms with van der Waals surface area (Å²) in [6, 6.07) is 15.4. The number of hydrogen-bond donors (Lipinski definition) is 3. The van der Waals surface area contributed by atoms with Gasteiger partial charge in [0.05, 0.1) is 29.5 Å². The number of H-pyrrole nitrogens is 2. The van der Waals surface area contributed by atoms with Gasteiger partial charge in [0.2, 0.25) is 5.88 Å². The van der Waals surface area contributed by atoms with Gasteiger partial charge in [-0.25, -0.2) is 9.78 Å². The van der Waals surface area contributed by atoms with Gasteiger partial charge in [-0.15, -0.1) is 0 Å². The monoisotopic (exact) mass is 381 g/mol. The quantitative estimate of drug-likeness (QED) is 0.428. The number of aromatic hydroxyl groups is 1. The van der Waals surface area contributed by atoms with Gasteiger partial charge in [0.15, 0.2) is 0 Å². The van der Waals surface area contributed by atoms with Crippen molar-refractivity contribution in [3.05, 3.63) is 88.7 Å². The molecule has 6 rings (SSSR count). The van der Waals surface area contributed by atoms with E-state index in [9.17, 15) is 9.90 Å². The van der Waals surface area contributed by atoms with Gasteiger partial charge in [-0.1, -0.05) is 42.5 Å². The minimum atomic E-state index is -0.411. The molecule has 140 valence electrons. The molecule has 29 heavy (non-hydrogen) atoms. The Morgan fingerprint density at radius 1 is 1.00 bits per heavy atom. The van der Waals surface area contributed by atoms with Gasteiger partial charge in [-0.3, -0.25) is 9.55 Å². The summed E-state index contributed by atoms with van der Waals surface area (Å²) in [5, 5.41) is 10.3. The average Bonchev–Trinajstić information content (AvgIpc) is 3.41. The Morgan fingerprint density at radius 2 is 1.83 bits per heavy atom. The summed E-state index contributed by atoms with van der Waals surface area (Å²) in [5.41, 5.74) is 6.23. The predicted molar refractivity (Wildman–Crippen MR) is 109 cm³/mol. The van der Waals surface area contributed by atoms with E-state index in [-0.39, 0.29) is 11.6 Å². The summed E-state index contributed by atoms with van der Waals surface area (Å²) in [5.74, 6) is 0.647. The number of nitrogens with one attached hydrogen (secondary N) is 2. The Labute approximate surface area is 164 Å². The lowest BCUT2D eigenvalue weighted by Crippen LogP contribution is -2.22. The fourth-order valence-corrected chi connectivity index (χ4v) is 4.31. The minimum absolute atomic E-state index is 0.0946. The number of imidazole rings is 2. The van der Waals surface area contributed by atoms with Gasteiger partial charge in [0.25, 0.3) is 0 Å². The normalized spacial score (nSPS) is 14.8.